The summed E-state index contributed by atoms with van der Waals surface area (Å²) in [5, 5.41) is 1.72. The largest absolute Gasteiger partial charge is 0.333 e. The summed E-state index contributed by atoms with van der Waals surface area (Å²) >= 11 is 1.51. The monoisotopic (exact) mass is 295 g/mol. The highest BCUT2D eigenvalue weighted by atomic mass is 32.2. The number of aromatic nitrogens is 4. The molecule has 0 radical (unpaired) electrons. The van der Waals surface area contributed by atoms with E-state index in [1.807, 2.05) is 53.1 Å². The summed E-state index contributed by atoms with van der Waals surface area (Å²) in [7, 11) is 0. The first-order chi connectivity index (χ1) is 10.3. The highest BCUT2D eigenvalue weighted by Gasteiger charge is 2.13. The first kappa shape index (κ1) is 12.4. The van der Waals surface area contributed by atoms with Crippen LogP contribution in [-0.2, 0) is 6.54 Å². The summed E-state index contributed by atoms with van der Waals surface area (Å²) in [6.45, 7) is 0.438. The van der Waals surface area contributed by atoms with Crippen LogP contribution in [0.25, 0.3) is 16.7 Å². The Bertz CT molecular complexity index is 891. The maximum atomic E-state index is 5.89. The molecule has 21 heavy (non-hydrogen) atoms. The van der Waals surface area contributed by atoms with Gasteiger partial charge in [0.1, 0.15) is 10.7 Å². The Balaban J connectivity index is 1.79. The average Bonchev–Trinajstić information content (AvgIpc) is 3.06. The number of hydrogen-bond acceptors (Lipinski definition) is 4. The van der Waals surface area contributed by atoms with E-state index in [0.717, 1.165) is 32.6 Å². The number of imidazole rings is 2. The Morgan fingerprint density at radius 3 is 2.81 bits per heavy atom. The Labute approximate surface area is 125 Å². The van der Waals surface area contributed by atoms with Gasteiger partial charge in [0.2, 0.25) is 0 Å². The van der Waals surface area contributed by atoms with Gasteiger partial charge in [0.25, 0.3) is 0 Å². The minimum atomic E-state index is 0.438. The lowest BCUT2D eigenvalue weighted by atomic mass is 10.3. The van der Waals surface area contributed by atoms with Crippen LogP contribution in [0.1, 0.15) is 5.69 Å². The minimum Gasteiger partial charge on any atom is -0.333 e. The molecule has 3 heterocycles. The van der Waals surface area contributed by atoms with Gasteiger partial charge < -0.3 is 15.1 Å². The molecule has 0 aliphatic carbocycles. The van der Waals surface area contributed by atoms with E-state index in [4.69, 9.17) is 5.73 Å². The molecule has 4 aromatic rings. The molecular weight excluding hydrogens is 282 g/mol. The number of para-hydroxylation sites is 2. The van der Waals surface area contributed by atoms with Gasteiger partial charge in [-0.1, -0.05) is 18.2 Å². The maximum Gasteiger partial charge on any atom is 0.172 e. The Morgan fingerprint density at radius 1 is 1.10 bits per heavy atom. The van der Waals surface area contributed by atoms with Crippen molar-refractivity contribution in [2.24, 2.45) is 5.73 Å². The highest BCUT2D eigenvalue weighted by Crippen LogP contribution is 2.29. The molecule has 0 spiro atoms. The average molecular weight is 295 g/mol. The van der Waals surface area contributed by atoms with Crippen molar-refractivity contribution in [3.63, 3.8) is 0 Å². The summed E-state index contributed by atoms with van der Waals surface area (Å²) in [6, 6.07) is 13.9. The van der Waals surface area contributed by atoms with Gasteiger partial charge in [-0.25, -0.2) is 9.97 Å². The topological polar surface area (TPSA) is 72.0 Å². The van der Waals surface area contributed by atoms with Gasteiger partial charge in [0, 0.05) is 12.7 Å². The third kappa shape index (κ3) is 2.09. The second-order valence-electron chi connectivity index (χ2n) is 4.66. The number of nitrogens with two attached hydrogens (primary N) is 1. The van der Waals surface area contributed by atoms with Crippen molar-refractivity contribution in [3.05, 3.63) is 54.4 Å². The second-order valence-corrected chi connectivity index (χ2v) is 5.64. The highest BCUT2D eigenvalue weighted by molar-refractivity contribution is 7.99. The molecule has 0 fully saturated rings. The van der Waals surface area contributed by atoms with Crippen LogP contribution in [0, 0.1) is 0 Å². The van der Waals surface area contributed by atoms with E-state index in [1.165, 1.54) is 11.8 Å². The van der Waals surface area contributed by atoms with Crippen LogP contribution in [-0.4, -0.2) is 19.4 Å². The van der Waals surface area contributed by atoms with Crippen molar-refractivity contribution in [1.82, 2.24) is 19.4 Å². The molecule has 6 heteroatoms. The van der Waals surface area contributed by atoms with Gasteiger partial charge in [0.15, 0.2) is 5.16 Å². The lowest BCUT2D eigenvalue weighted by Gasteiger charge is -1.99. The number of benzene rings is 1. The van der Waals surface area contributed by atoms with E-state index in [1.54, 1.807) is 0 Å². The van der Waals surface area contributed by atoms with Crippen LogP contribution in [0.4, 0.5) is 0 Å². The zero-order chi connectivity index (χ0) is 14.2. The summed E-state index contributed by atoms with van der Waals surface area (Å²) in [5.41, 5.74) is 9.76. The van der Waals surface area contributed by atoms with Crippen molar-refractivity contribution in [2.75, 3.05) is 0 Å². The van der Waals surface area contributed by atoms with Gasteiger partial charge in [-0.15, -0.1) is 0 Å². The van der Waals surface area contributed by atoms with Crippen LogP contribution < -0.4 is 5.73 Å². The van der Waals surface area contributed by atoms with E-state index in [0.29, 0.717) is 6.54 Å². The quantitative estimate of drug-likeness (QED) is 0.609. The maximum absolute atomic E-state index is 5.89. The van der Waals surface area contributed by atoms with Crippen molar-refractivity contribution >= 4 is 28.4 Å². The van der Waals surface area contributed by atoms with E-state index < -0.39 is 0 Å². The van der Waals surface area contributed by atoms with Crippen molar-refractivity contribution in [3.8, 4) is 0 Å². The number of H-pyrrole nitrogens is 1. The number of nitrogens with zero attached hydrogens (tertiary/aromatic N) is 3. The fourth-order valence-electron chi connectivity index (χ4n) is 2.36. The predicted octanol–water partition coefficient (Wildman–Crippen LogP) is 2.82. The molecule has 0 aliphatic heterocycles. The Morgan fingerprint density at radius 2 is 1.95 bits per heavy atom. The number of fused-ring (bicyclic) bond motifs is 2. The zero-order valence-electron chi connectivity index (χ0n) is 11.2. The molecule has 5 nitrogen and oxygen atoms in total. The number of nitrogens with one attached hydrogen (secondary N) is 1. The van der Waals surface area contributed by atoms with Gasteiger partial charge in [0.05, 0.1) is 16.7 Å². The van der Waals surface area contributed by atoms with E-state index in [2.05, 4.69) is 15.0 Å². The number of pyridine rings is 1. The summed E-state index contributed by atoms with van der Waals surface area (Å²) < 4.78 is 2.02. The van der Waals surface area contributed by atoms with Crippen molar-refractivity contribution in [2.45, 2.75) is 16.7 Å². The van der Waals surface area contributed by atoms with Crippen molar-refractivity contribution in [1.29, 1.82) is 0 Å². The Kier molecular flexibility index (Phi) is 2.90. The fraction of sp³-hybridized carbons (Fsp3) is 0.0667. The number of aromatic amines is 1. The second kappa shape index (κ2) is 4.91. The lowest BCUT2D eigenvalue weighted by molar-refractivity contribution is 0.918. The molecule has 0 unspecified atom stereocenters. The molecule has 4 rings (SSSR count). The number of hydrogen-bond donors (Lipinski definition) is 2. The summed E-state index contributed by atoms with van der Waals surface area (Å²) in [5.74, 6) is 0. The smallest absolute Gasteiger partial charge is 0.172 e. The van der Waals surface area contributed by atoms with Gasteiger partial charge in [-0.2, -0.15) is 0 Å². The molecule has 3 aromatic heterocycles. The molecule has 0 amide bonds. The van der Waals surface area contributed by atoms with Crippen LogP contribution in [0.2, 0.25) is 0 Å². The molecule has 0 atom stereocenters. The van der Waals surface area contributed by atoms with Crippen LogP contribution in [0.5, 0.6) is 0 Å². The van der Waals surface area contributed by atoms with E-state index >= 15 is 0 Å². The van der Waals surface area contributed by atoms with Crippen molar-refractivity contribution < 1.29 is 0 Å². The van der Waals surface area contributed by atoms with Gasteiger partial charge in [-0.05, 0) is 36.0 Å². The molecule has 0 saturated carbocycles. The molecule has 0 aliphatic rings. The first-order valence-electron chi connectivity index (χ1n) is 6.64. The Hall–Kier alpha value is -2.31. The zero-order valence-corrected chi connectivity index (χ0v) is 12.0. The molecule has 104 valence electrons. The fourth-order valence-corrected chi connectivity index (χ4v) is 3.29. The SMILES string of the molecule is NCc1c(Sc2nc3ccccc3[nH]2)nc2ccccn12. The molecule has 0 bridgehead atoms. The third-order valence-corrected chi connectivity index (χ3v) is 4.25. The lowest BCUT2D eigenvalue weighted by Crippen LogP contribution is -2.01. The van der Waals surface area contributed by atoms with Gasteiger partial charge >= 0.3 is 0 Å². The minimum absolute atomic E-state index is 0.438. The van der Waals surface area contributed by atoms with Crippen LogP contribution in [0.15, 0.2) is 58.8 Å². The molecule has 0 saturated heterocycles. The summed E-state index contributed by atoms with van der Waals surface area (Å²) in [6.07, 6.45) is 1.98. The summed E-state index contributed by atoms with van der Waals surface area (Å²) in [4.78, 5) is 12.5. The van der Waals surface area contributed by atoms with Gasteiger partial charge in [-0.3, -0.25) is 0 Å². The standard InChI is InChI=1S/C15H13N5S/c16-9-12-14(19-13-7-3-4-8-20(12)13)21-15-17-10-5-1-2-6-11(10)18-15/h1-8H,9,16H2,(H,17,18). The van der Waals surface area contributed by atoms with E-state index in [9.17, 15) is 0 Å². The molecular formula is C15H13N5S. The third-order valence-electron chi connectivity index (χ3n) is 3.35. The van der Waals surface area contributed by atoms with E-state index in [-0.39, 0.29) is 0 Å². The number of rotatable bonds is 3. The van der Waals surface area contributed by atoms with Crippen LogP contribution >= 0.6 is 11.8 Å². The molecule has 3 N–H and O–H groups in total. The predicted molar refractivity (Wildman–Crippen MR) is 83.3 cm³/mol. The van der Waals surface area contributed by atoms with Crippen LogP contribution in [0.3, 0.4) is 0 Å². The normalized spacial score (nSPS) is 11.5. The molecule has 1 aromatic carbocycles. The first-order valence-corrected chi connectivity index (χ1v) is 7.45.